The van der Waals surface area contributed by atoms with Crippen molar-refractivity contribution in [3.8, 4) is 5.75 Å². The van der Waals surface area contributed by atoms with Crippen molar-refractivity contribution in [3.63, 3.8) is 0 Å². The Morgan fingerprint density at radius 3 is 2.62 bits per heavy atom. The van der Waals surface area contributed by atoms with E-state index < -0.39 is 32.8 Å². The molecule has 2 aromatic carbocycles. The second-order valence-electron chi connectivity index (χ2n) is 8.70. The third-order valence-electron chi connectivity index (χ3n) is 6.12. The quantitative estimate of drug-likeness (QED) is 0.496. The standard InChI is InChI=1S/C25H26F3NO4S/c1-17(30)10-12-21-16-29(34(31,32)22-9-5-8-20(15-22)25(26,27)28)23-14-19(11-13-24(23)33-21)18-6-3-2-4-7-18/h5-6,8-9,11,13-15,21H,2-4,7,10,12,16H2,1H3. The van der Waals surface area contributed by atoms with Crippen LogP contribution in [0.25, 0.3) is 5.57 Å². The molecule has 2 aromatic rings. The molecule has 0 amide bonds. The Labute approximate surface area is 197 Å². The van der Waals surface area contributed by atoms with Crippen LogP contribution in [0.5, 0.6) is 5.75 Å². The van der Waals surface area contributed by atoms with Crippen molar-refractivity contribution >= 4 is 27.1 Å². The number of hydrogen-bond acceptors (Lipinski definition) is 4. The van der Waals surface area contributed by atoms with Gasteiger partial charge < -0.3 is 9.53 Å². The van der Waals surface area contributed by atoms with Crippen LogP contribution in [0.4, 0.5) is 18.9 Å². The number of nitrogens with zero attached hydrogens (tertiary/aromatic N) is 1. The maximum absolute atomic E-state index is 13.6. The number of halogens is 3. The van der Waals surface area contributed by atoms with Crippen molar-refractivity contribution in [1.29, 1.82) is 0 Å². The van der Waals surface area contributed by atoms with Crippen molar-refractivity contribution in [1.82, 2.24) is 0 Å². The zero-order chi connectivity index (χ0) is 24.5. The summed E-state index contributed by atoms with van der Waals surface area (Å²) in [5.41, 5.74) is 1.24. The maximum atomic E-state index is 13.6. The van der Waals surface area contributed by atoms with E-state index in [-0.39, 0.29) is 18.7 Å². The van der Waals surface area contributed by atoms with E-state index in [1.165, 1.54) is 6.92 Å². The van der Waals surface area contributed by atoms with Crippen molar-refractivity contribution in [2.45, 2.75) is 62.6 Å². The van der Waals surface area contributed by atoms with Gasteiger partial charge in [0.25, 0.3) is 10.0 Å². The molecule has 1 aliphatic carbocycles. The highest BCUT2D eigenvalue weighted by molar-refractivity contribution is 7.92. The molecule has 0 radical (unpaired) electrons. The summed E-state index contributed by atoms with van der Waals surface area (Å²) < 4.78 is 74.2. The number of carbonyl (C=O) groups excluding carboxylic acids is 1. The molecule has 2 aliphatic rings. The zero-order valence-corrected chi connectivity index (χ0v) is 19.6. The third kappa shape index (κ3) is 5.14. The monoisotopic (exact) mass is 493 g/mol. The van der Waals surface area contributed by atoms with Crippen LogP contribution in [0, 0.1) is 0 Å². The zero-order valence-electron chi connectivity index (χ0n) is 18.8. The molecular weight excluding hydrogens is 467 g/mol. The van der Waals surface area contributed by atoms with Crippen LogP contribution in [0.15, 0.2) is 53.4 Å². The topological polar surface area (TPSA) is 63.7 Å². The lowest BCUT2D eigenvalue weighted by atomic mass is 9.93. The molecule has 9 heteroatoms. The average Bonchev–Trinajstić information content (AvgIpc) is 2.82. The highest BCUT2D eigenvalue weighted by Crippen LogP contribution is 2.41. The summed E-state index contributed by atoms with van der Waals surface area (Å²) in [6.07, 6.45) is 1.35. The summed E-state index contributed by atoms with van der Waals surface area (Å²) >= 11 is 0. The number of ether oxygens (including phenoxy) is 1. The van der Waals surface area contributed by atoms with E-state index in [1.54, 1.807) is 12.1 Å². The molecule has 0 fully saturated rings. The lowest BCUT2D eigenvalue weighted by Gasteiger charge is -2.36. The predicted octanol–water partition coefficient (Wildman–Crippen LogP) is 5.99. The fourth-order valence-corrected chi connectivity index (χ4v) is 5.86. The number of rotatable bonds is 6. The Balaban J connectivity index is 1.78. The SMILES string of the molecule is CC(=O)CCC1CN(S(=O)(=O)c2cccc(C(F)(F)F)c2)c2cc(C3=CCCCC3)ccc2O1. The molecule has 5 nitrogen and oxygen atoms in total. The molecule has 0 saturated heterocycles. The fraction of sp³-hybridized carbons (Fsp3) is 0.400. The molecule has 4 rings (SSSR count). The minimum absolute atomic E-state index is 0.0544. The number of Topliss-reactive ketones (excluding diaryl/α,β-unsaturated/α-hetero) is 1. The second-order valence-corrected chi connectivity index (χ2v) is 10.6. The molecule has 1 aliphatic heterocycles. The van der Waals surface area contributed by atoms with E-state index in [9.17, 15) is 26.4 Å². The van der Waals surface area contributed by atoms with Gasteiger partial charge in [0.2, 0.25) is 0 Å². The molecule has 0 spiro atoms. The summed E-state index contributed by atoms with van der Waals surface area (Å²) in [6, 6.07) is 9.06. The molecule has 0 bridgehead atoms. The second kappa shape index (κ2) is 9.44. The first-order valence-corrected chi connectivity index (χ1v) is 12.7. The number of allylic oxidation sites excluding steroid dienone is 2. The first-order valence-electron chi connectivity index (χ1n) is 11.3. The Bertz CT molecular complexity index is 1220. The van der Waals surface area contributed by atoms with Gasteiger partial charge in [-0.1, -0.05) is 18.2 Å². The van der Waals surface area contributed by atoms with Gasteiger partial charge in [0, 0.05) is 6.42 Å². The smallest absolute Gasteiger partial charge is 0.416 e. The number of fused-ring (bicyclic) bond motifs is 1. The van der Waals surface area contributed by atoms with E-state index in [0.29, 0.717) is 23.9 Å². The first kappa shape index (κ1) is 24.3. The minimum Gasteiger partial charge on any atom is -0.486 e. The summed E-state index contributed by atoms with van der Waals surface area (Å²) in [5, 5.41) is 0. The number of anilines is 1. The Hall–Kier alpha value is -2.81. The number of ketones is 1. The normalized spacial score (nSPS) is 18.6. The van der Waals surface area contributed by atoms with Crippen LogP contribution in [0.1, 0.15) is 56.6 Å². The van der Waals surface area contributed by atoms with E-state index in [2.05, 4.69) is 6.08 Å². The number of hydrogen-bond donors (Lipinski definition) is 0. The molecular formula is C25H26F3NO4S. The molecule has 0 N–H and O–H groups in total. The summed E-state index contributed by atoms with van der Waals surface area (Å²) in [6.45, 7) is 1.35. The van der Waals surface area contributed by atoms with E-state index >= 15 is 0 Å². The van der Waals surface area contributed by atoms with Crippen molar-refractivity contribution in [2.75, 3.05) is 10.8 Å². The van der Waals surface area contributed by atoms with Gasteiger partial charge in [0.05, 0.1) is 22.7 Å². The van der Waals surface area contributed by atoms with Gasteiger partial charge >= 0.3 is 6.18 Å². The van der Waals surface area contributed by atoms with Crippen LogP contribution in [-0.2, 0) is 21.0 Å². The first-order chi connectivity index (χ1) is 16.1. The number of benzene rings is 2. The molecule has 34 heavy (non-hydrogen) atoms. The van der Waals surface area contributed by atoms with Crippen LogP contribution in [0.3, 0.4) is 0 Å². The third-order valence-corrected chi connectivity index (χ3v) is 7.90. The molecule has 0 saturated carbocycles. The van der Waals surface area contributed by atoms with Gasteiger partial charge in [0.1, 0.15) is 17.6 Å². The highest BCUT2D eigenvalue weighted by atomic mass is 32.2. The van der Waals surface area contributed by atoms with Crippen LogP contribution < -0.4 is 9.04 Å². The van der Waals surface area contributed by atoms with Crippen molar-refractivity contribution < 1.29 is 31.1 Å². The van der Waals surface area contributed by atoms with Gasteiger partial charge in [-0.15, -0.1) is 0 Å². The van der Waals surface area contributed by atoms with Gasteiger partial charge in [-0.05, 0) is 80.5 Å². The molecule has 182 valence electrons. The van der Waals surface area contributed by atoms with Gasteiger partial charge in [0.15, 0.2) is 0 Å². The summed E-state index contributed by atoms with van der Waals surface area (Å²) in [4.78, 5) is 11.0. The largest absolute Gasteiger partial charge is 0.486 e. The number of carbonyl (C=O) groups is 1. The fourth-order valence-electron chi connectivity index (χ4n) is 4.31. The predicted molar refractivity (Wildman–Crippen MR) is 123 cm³/mol. The van der Waals surface area contributed by atoms with Crippen LogP contribution >= 0.6 is 0 Å². The van der Waals surface area contributed by atoms with E-state index in [1.807, 2.05) is 6.07 Å². The van der Waals surface area contributed by atoms with Gasteiger partial charge in [-0.2, -0.15) is 13.2 Å². The molecule has 1 atom stereocenters. The van der Waals surface area contributed by atoms with Gasteiger partial charge in [-0.3, -0.25) is 4.31 Å². The molecule has 1 heterocycles. The molecule has 1 unspecified atom stereocenters. The Kier molecular flexibility index (Phi) is 6.75. The maximum Gasteiger partial charge on any atom is 0.416 e. The number of sulfonamides is 1. The van der Waals surface area contributed by atoms with Crippen molar-refractivity contribution in [2.24, 2.45) is 0 Å². The minimum atomic E-state index is -4.67. The average molecular weight is 494 g/mol. The summed E-state index contributed by atoms with van der Waals surface area (Å²) in [7, 11) is -4.33. The lowest BCUT2D eigenvalue weighted by Crippen LogP contribution is -2.43. The van der Waals surface area contributed by atoms with Gasteiger partial charge in [-0.25, -0.2) is 8.42 Å². The van der Waals surface area contributed by atoms with E-state index in [0.717, 1.165) is 59.3 Å². The van der Waals surface area contributed by atoms with Crippen LogP contribution in [-0.4, -0.2) is 26.8 Å². The Morgan fingerprint density at radius 1 is 1.15 bits per heavy atom. The molecule has 0 aromatic heterocycles. The van der Waals surface area contributed by atoms with Crippen molar-refractivity contribution in [3.05, 3.63) is 59.7 Å². The lowest BCUT2D eigenvalue weighted by molar-refractivity contribution is -0.137. The van der Waals surface area contributed by atoms with E-state index in [4.69, 9.17) is 4.74 Å². The summed E-state index contributed by atoms with van der Waals surface area (Å²) in [5.74, 6) is 0.275. The highest BCUT2D eigenvalue weighted by Gasteiger charge is 2.37. The number of alkyl halides is 3. The Morgan fingerprint density at radius 2 is 1.94 bits per heavy atom. The van der Waals surface area contributed by atoms with Crippen LogP contribution in [0.2, 0.25) is 0 Å².